The second kappa shape index (κ2) is 5.40. The van der Waals surface area contributed by atoms with Crippen molar-refractivity contribution in [1.29, 1.82) is 0 Å². The lowest BCUT2D eigenvalue weighted by atomic mass is 10.2. The van der Waals surface area contributed by atoms with Gasteiger partial charge in [0.25, 0.3) is 5.91 Å². The van der Waals surface area contributed by atoms with Crippen molar-refractivity contribution in [3.05, 3.63) is 23.9 Å². The highest BCUT2D eigenvalue weighted by Gasteiger charge is 2.15. The summed E-state index contributed by atoms with van der Waals surface area (Å²) >= 11 is 1.96. The fourth-order valence-corrected chi connectivity index (χ4v) is 2.87. The highest BCUT2D eigenvalue weighted by Crippen LogP contribution is 2.20. The van der Waals surface area contributed by atoms with E-state index in [9.17, 15) is 4.79 Å². The summed E-state index contributed by atoms with van der Waals surface area (Å²) in [4.78, 5) is 17.5. The van der Waals surface area contributed by atoms with E-state index in [1.165, 1.54) is 12.2 Å². The molecule has 0 aromatic carbocycles. The van der Waals surface area contributed by atoms with Crippen molar-refractivity contribution >= 4 is 23.5 Å². The molecule has 1 atom stereocenters. The molecule has 0 radical (unpaired) electrons. The first-order chi connectivity index (χ1) is 8.16. The molecule has 1 amide bonds. The highest BCUT2D eigenvalue weighted by atomic mass is 32.2. The minimum atomic E-state index is -0.0135. The minimum Gasteiger partial charge on any atom is -0.366 e. The van der Waals surface area contributed by atoms with E-state index in [-0.39, 0.29) is 5.91 Å². The van der Waals surface area contributed by atoms with E-state index in [1.807, 2.05) is 23.9 Å². The van der Waals surface area contributed by atoms with Crippen molar-refractivity contribution in [3.63, 3.8) is 0 Å². The number of rotatable bonds is 3. The molecule has 0 saturated carbocycles. The fourth-order valence-electron chi connectivity index (χ4n) is 1.72. The predicted octanol–water partition coefficient (Wildman–Crippen LogP) is 1.70. The molecule has 1 aromatic heterocycles. The molecule has 1 aromatic rings. The summed E-state index contributed by atoms with van der Waals surface area (Å²) in [5, 5.41) is 3.38. The van der Waals surface area contributed by atoms with Crippen LogP contribution < -0.4 is 5.32 Å². The Balaban J connectivity index is 1.99. The van der Waals surface area contributed by atoms with Crippen molar-refractivity contribution in [3.8, 4) is 0 Å². The summed E-state index contributed by atoms with van der Waals surface area (Å²) < 4.78 is 0. The zero-order valence-electron chi connectivity index (χ0n) is 10.1. The number of hydrogen-bond donors (Lipinski definition) is 1. The zero-order chi connectivity index (χ0) is 12.3. The van der Waals surface area contributed by atoms with Gasteiger partial charge < -0.3 is 10.2 Å². The van der Waals surface area contributed by atoms with Crippen LogP contribution in [0, 0.1) is 0 Å². The lowest BCUT2D eigenvalue weighted by Crippen LogP contribution is -2.22. The number of pyridine rings is 1. The molecule has 0 spiro atoms. The number of nitrogens with one attached hydrogen (secondary N) is 1. The van der Waals surface area contributed by atoms with Gasteiger partial charge in [0.05, 0.1) is 5.56 Å². The summed E-state index contributed by atoms with van der Waals surface area (Å²) in [6.45, 7) is 0. The predicted molar refractivity (Wildman–Crippen MR) is 71.6 cm³/mol. The molecular formula is C12H17N3OS. The maximum atomic E-state index is 11.7. The standard InChI is InChI=1S/C12H17N3OS/c1-15(2)12(16)9-3-4-11(13-7-9)14-10-5-6-17-8-10/h3-4,7,10H,5-6,8H2,1-2H3,(H,13,14). The average Bonchev–Trinajstić information content (AvgIpc) is 2.82. The van der Waals surface area contributed by atoms with Gasteiger partial charge in [-0.1, -0.05) is 0 Å². The number of nitrogens with zero attached hydrogens (tertiary/aromatic N) is 2. The van der Waals surface area contributed by atoms with Gasteiger partial charge in [0.2, 0.25) is 0 Å². The number of carbonyl (C=O) groups excluding carboxylic acids is 1. The molecule has 5 heteroatoms. The van der Waals surface area contributed by atoms with E-state index in [0.29, 0.717) is 11.6 Å². The number of carbonyl (C=O) groups is 1. The van der Waals surface area contributed by atoms with Gasteiger partial charge in [-0.05, 0) is 24.3 Å². The normalized spacial score (nSPS) is 19.1. The first kappa shape index (κ1) is 12.2. The lowest BCUT2D eigenvalue weighted by Gasteiger charge is -2.13. The van der Waals surface area contributed by atoms with E-state index < -0.39 is 0 Å². The largest absolute Gasteiger partial charge is 0.366 e. The molecule has 4 nitrogen and oxygen atoms in total. The summed E-state index contributed by atoms with van der Waals surface area (Å²) in [6, 6.07) is 4.21. The molecule has 0 aliphatic carbocycles. The van der Waals surface area contributed by atoms with Gasteiger partial charge in [-0.2, -0.15) is 11.8 Å². The molecule has 92 valence electrons. The second-order valence-electron chi connectivity index (χ2n) is 4.34. The smallest absolute Gasteiger partial charge is 0.254 e. The van der Waals surface area contributed by atoms with Crippen LogP contribution in [-0.4, -0.2) is 47.4 Å². The minimum absolute atomic E-state index is 0.0135. The Morgan fingerprint density at radius 3 is 2.88 bits per heavy atom. The van der Waals surface area contributed by atoms with Crippen molar-refractivity contribution in [2.24, 2.45) is 0 Å². The average molecular weight is 251 g/mol. The summed E-state index contributed by atoms with van der Waals surface area (Å²) in [7, 11) is 3.48. The summed E-state index contributed by atoms with van der Waals surface area (Å²) in [6.07, 6.45) is 2.82. The van der Waals surface area contributed by atoms with Crippen LogP contribution in [0.5, 0.6) is 0 Å². The molecule has 1 unspecified atom stereocenters. The maximum Gasteiger partial charge on any atom is 0.254 e. The molecule has 17 heavy (non-hydrogen) atoms. The Hall–Kier alpha value is -1.23. The number of aromatic nitrogens is 1. The Kier molecular flexibility index (Phi) is 3.89. The van der Waals surface area contributed by atoms with Gasteiger partial charge in [-0.25, -0.2) is 4.98 Å². The summed E-state index contributed by atoms with van der Waals surface area (Å²) in [5.41, 5.74) is 0.626. The first-order valence-electron chi connectivity index (χ1n) is 5.69. The Labute approximate surface area is 106 Å². The molecular weight excluding hydrogens is 234 g/mol. The van der Waals surface area contributed by atoms with Crippen molar-refractivity contribution in [2.45, 2.75) is 12.5 Å². The van der Waals surface area contributed by atoms with Crippen LogP contribution in [0.25, 0.3) is 0 Å². The van der Waals surface area contributed by atoms with Crippen LogP contribution in [0.2, 0.25) is 0 Å². The molecule has 1 fully saturated rings. The number of hydrogen-bond acceptors (Lipinski definition) is 4. The van der Waals surface area contributed by atoms with Crippen LogP contribution in [0.15, 0.2) is 18.3 Å². The van der Waals surface area contributed by atoms with Crippen LogP contribution in [0.4, 0.5) is 5.82 Å². The van der Waals surface area contributed by atoms with Gasteiger partial charge in [0.15, 0.2) is 0 Å². The summed E-state index contributed by atoms with van der Waals surface area (Å²) in [5.74, 6) is 3.20. The van der Waals surface area contributed by atoms with Crippen molar-refractivity contribution in [1.82, 2.24) is 9.88 Å². The van der Waals surface area contributed by atoms with E-state index in [1.54, 1.807) is 25.2 Å². The van der Waals surface area contributed by atoms with Crippen LogP contribution >= 0.6 is 11.8 Å². The van der Waals surface area contributed by atoms with E-state index in [4.69, 9.17) is 0 Å². The van der Waals surface area contributed by atoms with Gasteiger partial charge in [0, 0.05) is 32.1 Å². The monoisotopic (exact) mass is 251 g/mol. The van der Waals surface area contributed by atoms with E-state index in [2.05, 4.69) is 10.3 Å². The van der Waals surface area contributed by atoms with E-state index >= 15 is 0 Å². The van der Waals surface area contributed by atoms with Gasteiger partial charge in [0.1, 0.15) is 5.82 Å². The fraction of sp³-hybridized carbons (Fsp3) is 0.500. The Morgan fingerprint density at radius 1 is 1.53 bits per heavy atom. The third-order valence-electron chi connectivity index (χ3n) is 2.70. The molecule has 1 saturated heterocycles. The Morgan fingerprint density at radius 2 is 2.35 bits per heavy atom. The molecule has 1 N–H and O–H groups in total. The Bertz CT molecular complexity index is 385. The molecule has 1 aliphatic rings. The highest BCUT2D eigenvalue weighted by molar-refractivity contribution is 7.99. The SMILES string of the molecule is CN(C)C(=O)c1ccc(NC2CCSC2)nc1. The van der Waals surface area contributed by atoms with E-state index in [0.717, 1.165) is 11.6 Å². The van der Waals surface area contributed by atoms with Crippen molar-refractivity contribution in [2.75, 3.05) is 30.9 Å². The topological polar surface area (TPSA) is 45.2 Å². The number of anilines is 1. The van der Waals surface area contributed by atoms with Gasteiger partial charge >= 0.3 is 0 Å². The molecule has 1 aliphatic heterocycles. The van der Waals surface area contributed by atoms with Gasteiger partial charge in [-0.15, -0.1) is 0 Å². The lowest BCUT2D eigenvalue weighted by molar-refractivity contribution is 0.0827. The quantitative estimate of drug-likeness (QED) is 0.888. The van der Waals surface area contributed by atoms with Gasteiger partial charge in [-0.3, -0.25) is 4.79 Å². The van der Waals surface area contributed by atoms with Crippen LogP contribution in [0.3, 0.4) is 0 Å². The van der Waals surface area contributed by atoms with Crippen molar-refractivity contribution < 1.29 is 4.79 Å². The molecule has 2 heterocycles. The molecule has 0 bridgehead atoms. The zero-order valence-corrected chi connectivity index (χ0v) is 11.0. The van der Waals surface area contributed by atoms with Crippen LogP contribution in [-0.2, 0) is 0 Å². The first-order valence-corrected chi connectivity index (χ1v) is 6.84. The maximum absolute atomic E-state index is 11.7. The number of thioether (sulfide) groups is 1. The molecule has 2 rings (SSSR count). The number of amides is 1. The second-order valence-corrected chi connectivity index (χ2v) is 5.49. The van der Waals surface area contributed by atoms with Crippen LogP contribution in [0.1, 0.15) is 16.8 Å². The third kappa shape index (κ3) is 3.12. The third-order valence-corrected chi connectivity index (χ3v) is 3.86.